The molecule has 1 aromatic heterocycles. The highest BCUT2D eigenvalue weighted by Gasteiger charge is 2.69. The fourth-order valence-corrected chi connectivity index (χ4v) is 11.6. The van der Waals surface area contributed by atoms with Gasteiger partial charge in [-0.2, -0.15) is 0 Å². The minimum absolute atomic E-state index is 0.00208. The number of aromatic amines is 1. The van der Waals surface area contributed by atoms with Crippen LogP contribution in [0.5, 0.6) is 5.75 Å². The van der Waals surface area contributed by atoms with Crippen molar-refractivity contribution in [3.05, 3.63) is 101 Å². The number of H-pyrrole nitrogens is 1. The zero-order chi connectivity index (χ0) is 31.9. The summed E-state index contributed by atoms with van der Waals surface area (Å²) in [5, 5.41) is 3.73. The lowest BCUT2D eigenvalue weighted by Crippen LogP contribution is -2.42. The van der Waals surface area contributed by atoms with Crippen molar-refractivity contribution < 1.29 is 19.1 Å². The summed E-state index contributed by atoms with van der Waals surface area (Å²) in [5.41, 5.74) is 3.23. The Hall–Kier alpha value is -3.19. The molecule has 3 amide bonds. The Labute approximate surface area is 289 Å². The largest absolute Gasteiger partial charge is 0.483 e. The Morgan fingerprint density at radius 3 is 2.39 bits per heavy atom. The minimum atomic E-state index is -0.417. The number of carbonyl (C=O) groups is 3. The number of ether oxygens (including phenoxy) is 1. The molecule has 4 aliphatic rings. The molecule has 7 atom stereocenters. The smallest absolute Gasteiger partial charge is 0.305 e. The van der Waals surface area contributed by atoms with Crippen LogP contribution in [0.2, 0.25) is 0 Å². The maximum absolute atomic E-state index is 14.1. The number of benzene rings is 3. The molecule has 234 valence electrons. The molecule has 2 N–H and O–H groups in total. The predicted octanol–water partition coefficient (Wildman–Crippen LogP) is 6.97. The summed E-state index contributed by atoms with van der Waals surface area (Å²) in [6.45, 7) is 1.79. The van der Waals surface area contributed by atoms with Gasteiger partial charge in [0.2, 0.25) is 11.8 Å². The van der Waals surface area contributed by atoms with Crippen LogP contribution in [0.1, 0.15) is 28.3 Å². The topological polar surface area (TPSA) is 109 Å². The van der Waals surface area contributed by atoms with Gasteiger partial charge in [0.25, 0.3) is 5.91 Å². The van der Waals surface area contributed by atoms with Crippen LogP contribution in [0.15, 0.2) is 85.5 Å². The number of aromatic nitrogens is 1. The van der Waals surface area contributed by atoms with Crippen LogP contribution in [0, 0.1) is 36.5 Å². The van der Waals surface area contributed by atoms with Crippen LogP contribution < -0.4 is 19.8 Å². The first kappa shape index (κ1) is 30.2. The van der Waals surface area contributed by atoms with E-state index in [9.17, 15) is 19.2 Å². The molecule has 3 heterocycles. The maximum atomic E-state index is 14.1. The van der Waals surface area contributed by atoms with Crippen molar-refractivity contribution in [1.29, 1.82) is 0 Å². The number of rotatable bonds is 6. The second kappa shape index (κ2) is 11.5. The number of hydrogen-bond acceptors (Lipinski definition) is 7. The van der Waals surface area contributed by atoms with Crippen LogP contribution in [0.4, 0.5) is 11.4 Å². The lowest BCUT2D eigenvalue weighted by molar-refractivity contribution is -0.123. The predicted molar refractivity (Wildman–Crippen MR) is 185 cm³/mol. The van der Waals surface area contributed by atoms with E-state index in [0.717, 1.165) is 36.4 Å². The molecule has 4 aromatic rings. The first-order valence-electron chi connectivity index (χ1n) is 15.0. The second-order valence-electron chi connectivity index (χ2n) is 12.3. The van der Waals surface area contributed by atoms with E-state index in [0.29, 0.717) is 17.1 Å². The van der Waals surface area contributed by atoms with Crippen LogP contribution >= 0.6 is 55.0 Å². The van der Waals surface area contributed by atoms with Crippen molar-refractivity contribution in [3.63, 3.8) is 0 Å². The molecule has 2 aliphatic heterocycles. The average Bonchev–Trinajstić information content (AvgIpc) is 3.77. The van der Waals surface area contributed by atoms with E-state index in [4.69, 9.17) is 4.74 Å². The standard InChI is InChI=1S/C34H27Br2N3O5S2/c1-15-2-7-18(8-3-15)37-24(40)14-44-23-11-6-17(36)12-20(23)25-26-21-13-22(29(26)45-31-30(25)46-34(43)38-31)28-27(21)32(41)39(33(28)42)19-9-4-16(35)5-10-19/h2-12,21-22,25-29H,13-14H2,1H3,(H,37,40)(H,38,43)/t21-,22-,25-,26?,27?,28?,29?/m1/s1. The molecule has 0 radical (unpaired) electrons. The van der Waals surface area contributed by atoms with Crippen molar-refractivity contribution in [2.24, 2.45) is 29.6 Å². The monoisotopic (exact) mass is 779 g/mol. The first-order valence-corrected chi connectivity index (χ1v) is 18.3. The molecule has 8 rings (SSSR count). The van der Waals surface area contributed by atoms with Gasteiger partial charge >= 0.3 is 4.87 Å². The Bertz CT molecular complexity index is 1960. The van der Waals surface area contributed by atoms with Crippen molar-refractivity contribution in [1.82, 2.24) is 4.98 Å². The Balaban J connectivity index is 1.14. The summed E-state index contributed by atoms with van der Waals surface area (Å²) in [7, 11) is 0. The van der Waals surface area contributed by atoms with Gasteiger partial charge in [-0.25, -0.2) is 0 Å². The Morgan fingerprint density at radius 1 is 0.957 bits per heavy atom. The quantitative estimate of drug-likeness (QED) is 0.205. The number of carbonyl (C=O) groups excluding carboxylic acids is 3. The van der Waals surface area contributed by atoms with Gasteiger partial charge in [-0.1, -0.05) is 60.9 Å². The zero-order valence-electron chi connectivity index (χ0n) is 24.4. The SMILES string of the molecule is Cc1ccc(NC(=O)COc2ccc(Br)cc2[C@H]2c3sc(=O)[nH]c3SC3C2[C@H]2C[C@@H]3C3C(=O)N(c4ccc(Br)cc4)C(=O)C32)cc1. The summed E-state index contributed by atoms with van der Waals surface area (Å²) < 4.78 is 7.92. The van der Waals surface area contributed by atoms with Crippen LogP contribution in [0.3, 0.4) is 0 Å². The number of imide groups is 1. The van der Waals surface area contributed by atoms with Gasteiger partial charge < -0.3 is 15.0 Å². The highest BCUT2D eigenvalue weighted by Crippen LogP contribution is 2.69. The van der Waals surface area contributed by atoms with Crippen molar-refractivity contribution >= 4 is 84.1 Å². The number of fused-ring (bicyclic) bond motifs is 9. The number of nitrogens with one attached hydrogen (secondary N) is 2. The summed E-state index contributed by atoms with van der Waals surface area (Å²) in [5.74, 6) is -1.11. The van der Waals surface area contributed by atoms with Crippen LogP contribution in [-0.2, 0) is 14.4 Å². The molecule has 3 aromatic carbocycles. The number of hydrogen-bond donors (Lipinski definition) is 2. The van der Waals surface area contributed by atoms with Gasteiger partial charge in [0.15, 0.2) is 6.61 Å². The van der Waals surface area contributed by atoms with Gasteiger partial charge in [-0.3, -0.25) is 24.1 Å². The number of halogens is 2. The fraction of sp³-hybridized carbons (Fsp3) is 0.294. The third-order valence-electron chi connectivity index (χ3n) is 9.81. The van der Waals surface area contributed by atoms with E-state index in [-0.39, 0.29) is 64.0 Å². The van der Waals surface area contributed by atoms with E-state index in [1.165, 1.54) is 16.2 Å². The third-order valence-corrected chi connectivity index (χ3v) is 13.4. The molecule has 0 spiro atoms. The van der Waals surface area contributed by atoms with E-state index in [2.05, 4.69) is 42.2 Å². The highest BCUT2D eigenvalue weighted by molar-refractivity contribution is 9.10. The lowest BCUT2D eigenvalue weighted by Gasteiger charge is -2.43. The number of thiazole rings is 1. The van der Waals surface area contributed by atoms with Gasteiger partial charge in [-0.05, 0) is 85.7 Å². The molecule has 8 nitrogen and oxygen atoms in total. The normalized spacial score (nSPS) is 27.4. The average molecular weight is 782 g/mol. The van der Waals surface area contributed by atoms with Gasteiger partial charge in [0, 0.05) is 36.2 Å². The Morgan fingerprint density at radius 2 is 1.65 bits per heavy atom. The molecule has 2 bridgehead atoms. The maximum Gasteiger partial charge on any atom is 0.305 e. The van der Waals surface area contributed by atoms with Gasteiger partial charge in [0.1, 0.15) is 5.75 Å². The number of aryl methyl sites for hydroxylation is 1. The zero-order valence-corrected chi connectivity index (χ0v) is 29.2. The molecule has 12 heteroatoms. The van der Waals surface area contributed by atoms with E-state index in [1.54, 1.807) is 23.9 Å². The van der Waals surface area contributed by atoms with Crippen molar-refractivity contribution in [3.8, 4) is 5.75 Å². The molecule has 46 heavy (non-hydrogen) atoms. The molecule has 2 aliphatic carbocycles. The number of thioether (sulfide) groups is 1. The lowest BCUT2D eigenvalue weighted by atomic mass is 9.68. The fourth-order valence-electron chi connectivity index (χ4n) is 8.08. The summed E-state index contributed by atoms with van der Waals surface area (Å²) in [6, 6.07) is 20.6. The second-order valence-corrected chi connectivity index (χ2v) is 16.4. The Kier molecular flexibility index (Phi) is 7.54. The van der Waals surface area contributed by atoms with Crippen molar-refractivity contribution in [2.75, 3.05) is 16.8 Å². The number of amides is 3. The van der Waals surface area contributed by atoms with Crippen molar-refractivity contribution in [2.45, 2.75) is 29.5 Å². The minimum Gasteiger partial charge on any atom is -0.483 e. The first-order chi connectivity index (χ1) is 22.2. The van der Waals surface area contributed by atoms with Crippen LogP contribution in [-0.4, -0.2) is 34.6 Å². The number of nitrogens with zero attached hydrogens (tertiary/aromatic N) is 1. The molecule has 4 unspecified atom stereocenters. The molecule has 3 fully saturated rings. The summed E-state index contributed by atoms with van der Waals surface area (Å²) >= 11 is 9.91. The summed E-state index contributed by atoms with van der Waals surface area (Å²) in [6.07, 6.45) is 0.780. The molecular formula is C34H27Br2N3O5S2. The van der Waals surface area contributed by atoms with E-state index in [1.807, 2.05) is 61.5 Å². The molecule has 1 saturated heterocycles. The molecular weight excluding hydrogens is 754 g/mol. The highest BCUT2D eigenvalue weighted by atomic mass is 79.9. The van der Waals surface area contributed by atoms with Gasteiger partial charge in [-0.15, -0.1) is 11.8 Å². The van der Waals surface area contributed by atoms with Crippen LogP contribution in [0.25, 0.3) is 0 Å². The third kappa shape index (κ3) is 4.91. The van der Waals surface area contributed by atoms with Gasteiger partial charge in [0.05, 0.1) is 22.5 Å². The van der Waals surface area contributed by atoms with E-state index >= 15 is 0 Å². The molecule has 2 saturated carbocycles. The number of anilines is 2. The summed E-state index contributed by atoms with van der Waals surface area (Å²) in [4.78, 5) is 58.8. The van der Waals surface area contributed by atoms with E-state index < -0.39 is 5.92 Å².